The van der Waals surface area contributed by atoms with E-state index < -0.39 is 0 Å². The molecule has 1 rings (SSSR count). The average molecular weight is 328 g/mol. The maximum absolute atomic E-state index is 12.1. The van der Waals surface area contributed by atoms with E-state index >= 15 is 0 Å². The molecule has 1 aliphatic heterocycles. The van der Waals surface area contributed by atoms with Gasteiger partial charge < -0.3 is 20.5 Å². The van der Waals surface area contributed by atoms with Gasteiger partial charge in [0.25, 0.3) is 0 Å². The number of carbonyl (C=O) groups excluding carboxylic acids is 1. The zero-order valence-corrected chi connectivity index (χ0v) is 15.7. The van der Waals surface area contributed by atoms with Crippen molar-refractivity contribution >= 4 is 6.03 Å². The van der Waals surface area contributed by atoms with Crippen molar-refractivity contribution in [1.29, 1.82) is 0 Å². The fourth-order valence-corrected chi connectivity index (χ4v) is 3.37. The number of hydrogen-bond acceptors (Lipinski definition) is 3. The minimum absolute atomic E-state index is 0.0398. The molecule has 0 aromatic rings. The number of urea groups is 1. The molecule has 23 heavy (non-hydrogen) atoms. The van der Waals surface area contributed by atoms with E-state index in [1.54, 1.807) is 0 Å². The van der Waals surface area contributed by atoms with Gasteiger partial charge in [-0.25, -0.2) is 4.79 Å². The second kappa shape index (κ2) is 8.34. The largest absolute Gasteiger partial charge is 0.394 e. The Morgan fingerprint density at radius 2 is 1.91 bits per heavy atom. The van der Waals surface area contributed by atoms with E-state index in [4.69, 9.17) is 4.74 Å². The summed E-state index contributed by atoms with van der Waals surface area (Å²) in [6.45, 7) is 14.2. The first kappa shape index (κ1) is 20.2. The van der Waals surface area contributed by atoms with Crippen LogP contribution >= 0.6 is 0 Å². The Morgan fingerprint density at radius 3 is 2.43 bits per heavy atom. The summed E-state index contributed by atoms with van der Waals surface area (Å²) < 4.78 is 5.94. The summed E-state index contributed by atoms with van der Waals surface area (Å²) in [7, 11) is 0. The van der Waals surface area contributed by atoms with Gasteiger partial charge in [0.2, 0.25) is 0 Å². The minimum atomic E-state index is -0.212. The van der Waals surface area contributed by atoms with Gasteiger partial charge in [-0.1, -0.05) is 41.5 Å². The smallest absolute Gasteiger partial charge is 0.315 e. The van der Waals surface area contributed by atoms with Crippen LogP contribution in [-0.2, 0) is 4.74 Å². The number of amides is 2. The fourth-order valence-electron chi connectivity index (χ4n) is 3.37. The lowest BCUT2D eigenvalue weighted by Gasteiger charge is -2.40. The molecule has 0 aliphatic carbocycles. The molecular weight excluding hydrogens is 292 g/mol. The first-order valence-electron chi connectivity index (χ1n) is 8.80. The van der Waals surface area contributed by atoms with E-state index in [2.05, 4.69) is 52.2 Å². The summed E-state index contributed by atoms with van der Waals surface area (Å²) >= 11 is 0. The molecule has 1 heterocycles. The third-order valence-corrected chi connectivity index (χ3v) is 4.24. The molecule has 0 aromatic heterocycles. The number of rotatable bonds is 5. The lowest BCUT2D eigenvalue weighted by molar-refractivity contribution is -0.0838. The molecule has 5 heteroatoms. The van der Waals surface area contributed by atoms with Crippen molar-refractivity contribution in [2.75, 3.05) is 19.8 Å². The standard InChI is InChI=1S/C18H36N2O3/c1-17(2,3)10-14(12-21)20-16(22)19-11-13-8-7-9-23-15(13)18(4,5)6/h13-15,21H,7-12H2,1-6H3,(H2,19,20,22). The maximum Gasteiger partial charge on any atom is 0.315 e. The molecular formula is C18H36N2O3. The van der Waals surface area contributed by atoms with E-state index in [0.29, 0.717) is 12.5 Å². The molecule has 1 aliphatic rings. The van der Waals surface area contributed by atoms with E-state index in [-0.39, 0.29) is 35.6 Å². The lowest BCUT2D eigenvalue weighted by Crippen LogP contribution is -2.49. The van der Waals surface area contributed by atoms with Crippen molar-refractivity contribution in [2.24, 2.45) is 16.7 Å². The zero-order chi connectivity index (χ0) is 17.7. The Kier molecular flexibility index (Phi) is 7.33. The molecule has 0 radical (unpaired) electrons. The third kappa shape index (κ3) is 7.53. The summed E-state index contributed by atoms with van der Waals surface area (Å²) in [6, 6.07) is -0.414. The third-order valence-electron chi connectivity index (χ3n) is 4.24. The average Bonchev–Trinajstić information content (AvgIpc) is 2.42. The molecule has 0 bridgehead atoms. The van der Waals surface area contributed by atoms with Gasteiger partial charge in [0.1, 0.15) is 0 Å². The molecule has 3 unspecified atom stereocenters. The zero-order valence-electron chi connectivity index (χ0n) is 15.7. The Bertz CT molecular complexity index is 371. The van der Waals surface area contributed by atoms with Crippen molar-refractivity contribution in [3.63, 3.8) is 0 Å². The normalized spacial score (nSPS) is 24.1. The highest BCUT2D eigenvalue weighted by Gasteiger charge is 2.35. The van der Waals surface area contributed by atoms with Crippen molar-refractivity contribution < 1.29 is 14.6 Å². The van der Waals surface area contributed by atoms with Crippen LogP contribution in [0.2, 0.25) is 0 Å². The van der Waals surface area contributed by atoms with Crippen LogP contribution in [0, 0.1) is 16.7 Å². The van der Waals surface area contributed by atoms with Crippen LogP contribution in [0.15, 0.2) is 0 Å². The van der Waals surface area contributed by atoms with Gasteiger partial charge in [-0.15, -0.1) is 0 Å². The molecule has 2 amide bonds. The predicted molar refractivity (Wildman–Crippen MR) is 93.4 cm³/mol. The molecule has 5 nitrogen and oxygen atoms in total. The number of aliphatic hydroxyl groups excluding tert-OH is 1. The quantitative estimate of drug-likeness (QED) is 0.727. The van der Waals surface area contributed by atoms with Crippen molar-refractivity contribution in [2.45, 2.75) is 73.0 Å². The van der Waals surface area contributed by atoms with E-state index in [1.807, 2.05) is 0 Å². The second-order valence-electron chi connectivity index (χ2n) is 9.06. The first-order chi connectivity index (χ1) is 10.5. The van der Waals surface area contributed by atoms with Crippen LogP contribution in [0.3, 0.4) is 0 Å². The van der Waals surface area contributed by atoms with Crippen LogP contribution in [0.5, 0.6) is 0 Å². The second-order valence-corrected chi connectivity index (χ2v) is 9.06. The highest BCUT2D eigenvalue weighted by atomic mass is 16.5. The van der Waals surface area contributed by atoms with E-state index in [1.165, 1.54) is 0 Å². The summed E-state index contributed by atoms with van der Waals surface area (Å²) in [6.07, 6.45) is 3.03. The van der Waals surface area contributed by atoms with Crippen LogP contribution < -0.4 is 10.6 Å². The molecule has 3 N–H and O–H groups in total. The molecule has 0 spiro atoms. The lowest BCUT2D eigenvalue weighted by atomic mass is 9.78. The van der Waals surface area contributed by atoms with Gasteiger partial charge in [-0.2, -0.15) is 0 Å². The number of aliphatic hydroxyl groups is 1. The Labute approximate surface area is 141 Å². The van der Waals surface area contributed by atoms with Crippen molar-refractivity contribution in [3.8, 4) is 0 Å². The van der Waals surface area contributed by atoms with E-state index in [9.17, 15) is 9.90 Å². The maximum atomic E-state index is 12.1. The van der Waals surface area contributed by atoms with Crippen LogP contribution in [0.25, 0.3) is 0 Å². The van der Waals surface area contributed by atoms with E-state index in [0.717, 1.165) is 25.9 Å². The van der Waals surface area contributed by atoms with Gasteiger partial charge in [-0.3, -0.25) is 0 Å². The highest BCUT2D eigenvalue weighted by molar-refractivity contribution is 5.74. The Balaban J connectivity index is 2.47. The predicted octanol–water partition coefficient (Wildman–Crippen LogP) is 2.92. The van der Waals surface area contributed by atoms with Gasteiger partial charge in [0.15, 0.2) is 0 Å². The van der Waals surface area contributed by atoms with Crippen molar-refractivity contribution in [3.05, 3.63) is 0 Å². The number of ether oxygens (including phenoxy) is 1. The monoisotopic (exact) mass is 328 g/mol. The molecule has 0 saturated carbocycles. The van der Waals surface area contributed by atoms with Crippen LogP contribution in [0.4, 0.5) is 4.79 Å². The fraction of sp³-hybridized carbons (Fsp3) is 0.944. The Hall–Kier alpha value is -0.810. The van der Waals surface area contributed by atoms with Crippen LogP contribution in [-0.4, -0.2) is 43.0 Å². The van der Waals surface area contributed by atoms with Gasteiger partial charge >= 0.3 is 6.03 Å². The molecule has 1 saturated heterocycles. The summed E-state index contributed by atoms with van der Waals surface area (Å²) in [5.74, 6) is 0.338. The van der Waals surface area contributed by atoms with Gasteiger partial charge in [0.05, 0.1) is 18.8 Å². The molecule has 1 fully saturated rings. The molecule has 0 aromatic carbocycles. The molecule has 3 atom stereocenters. The SMILES string of the molecule is CC(C)(C)CC(CO)NC(=O)NCC1CCCOC1C(C)(C)C. The first-order valence-corrected chi connectivity index (χ1v) is 8.80. The summed E-state index contributed by atoms with van der Waals surface area (Å²) in [4.78, 5) is 12.1. The van der Waals surface area contributed by atoms with Gasteiger partial charge in [-0.05, 0) is 30.1 Å². The molecule has 136 valence electrons. The number of carbonyl (C=O) groups is 1. The topological polar surface area (TPSA) is 70.6 Å². The Morgan fingerprint density at radius 1 is 1.26 bits per heavy atom. The van der Waals surface area contributed by atoms with Crippen molar-refractivity contribution in [1.82, 2.24) is 10.6 Å². The van der Waals surface area contributed by atoms with Gasteiger partial charge in [0, 0.05) is 19.1 Å². The highest BCUT2D eigenvalue weighted by Crippen LogP contribution is 2.33. The summed E-state index contributed by atoms with van der Waals surface area (Å²) in [5.41, 5.74) is 0.137. The van der Waals surface area contributed by atoms with Crippen LogP contribution in [0.1, 0.15) is 60.8 Å². The minimum Gasteiger partial charge on any atom is -0.394 e. The summed E-state index contributed by atoms with van der Waals surface area (Å²) in [5, 5.41) is 15.3. The number of hydrogen-bond donors (Lipinski definition) is 3. The number of nitrogens with one attached hydrogen (secondary N) is 2.